The lowest BCUT2D eigenvalue weighted by Gasteiger charge is -2.39. The number of rotatable bonds is 3. The number of aldehydes is 1. The third-order valence-corrected chi connectivity index (χ3v) is 4.60. The maximum atomic E-state index is 11.4. The number of carbonyl (C=O) groups excluding carboxylic acids is 1. The van der Waals surface area contributed by atoms with Crippen molar-refractivity contribution in [2.75, 3.05) is 25.1 Å². The van der Waals surface area contributed by atoms with Crippen LogP contribution < -0.4 is 4.90 Å². The number of methoxy groups -OCH3 is 1. The van der Waals surface area contributed by atoms with E-state index in [1.54, 1.807) is 18.4 Å². The van der Waals surface area contributed by atoms with Gasteiger partial charge in [0.25, 0.3) is 0 Å². The lowest BCUT2D eigenvalue weighted by Crippen LogP contribution is -2.47. The van der Waals surface area contributed by atoms with Gasteiger partial charge in [-0.25, -0.2) is 4.98 Å². The van der Waals surface area contributed by atoms with Crippen molar-refractivity contribution in [3.63, 3.8) is 0 Å². The Morgan fingerprint density at radius 3 is 3.16 bits per heavy atom. The fourth-order valence-corrected chi connectivity index (χ4v) is 3.40. The van der Waals surface area contributed by atoms with Crippen molar-refractivity contribution in [2.24, 2.45) is 0 Å². The Labute approximate surface area is 115 Å². The zero-order valence-electron chi connectivity index (χ0n) is 11.1. The molecular weight excluding hydrogens is 262 g/mol. The van der Waals surface area contributed by atoms with Crippen LogP contribution in [0.3, 0.4) is 0 Å². The smallest absolute Gasteiger partial charge is 0.196 e. The van der Waals surface area contributed by atoms with Crippen LogP contribution in [0.15, 0.2) is 11.6 Å². The molecule has 0 aliphatic carbocycles. The van der Waals surface area contributed by atoms with Gasteiger partial charge in [0.15, 0.2) is 17.1 Å². The summed E-state index contributed by atoms with van der Waals surface area (Å²) in [6.45, 7) is 3.80. The van der Waals surface area contributed by atoms with Crippen molar-refractivity contribution < 1.29 is 9.53 Å². The molecule has 1 atom stereocenters. The second kappa shape index (κ2) is 4.61. The molecule has 0 spiro atoms. The van der Waals surface area contributed by atoms with E-state index in [0.29, 0.717) is 5.69 Å². The molecule has 0 aromatic carbocycles. The van der Waals surface area contributed by atoms with Crippen LogP contribution in [0.5, 0.6) is 0 Å². The molecular formula is C13H17N3O2S. The summed E-state index contributed by atoms with van der Waals surface area (Å²) in [5.74, 6) is 0.782. The first-order valence-corrected chi connectivity index (χ1v) is 7.26. The number of thiazole rings is 1. The van der Waals surface area contributed by atoms with Gasteiger partial charge in [0.2, 0.25) is 0 Å². The van der Waals surface area contributed by atoms with Crippen molar-refractivity contribution in [1.29, 1.82) is 0 Å². The summed E-state index contributed by atoms with van der Waals surface area (Å²) in [5, 5.41) is 1.94. The zero-order valence-corrected chi connectivity index (χ0v) is 11.9. The minimum atomic E-state index is -0.157. The standard InChI is InChI=1S/C13H17N3O2S/c1-13(18-2)4-3-5-15(9-13)11-10(8-17)16-6-7-19-12(16)14-11/h6-8H,3-5,9H2,1-2H3. The van der Waals surface area contributed by atoms with Gasteiger partial charge in [0, 0.05) is 31.8 Å². The molecule has 0 radical (unpaired) electrons. The van der Waals surface area contributed by atoms with Gasteiger partial charge in [-0.1, -0.05) is 0 Å². The summed E-state index contributed by atoms with van der Waals surface area (Å²) in [4.78, 5) is 19.0. The van der Waals surface area contributed by atoms with E-state index in [9.17, 15) is 4.79 Å². The normalized spacial score (nSPS) is 24.0. The van der Waals surface area contributed by atoms with Gasteiger partial charge in [0.1, 0.15) is 5.69 Å². The first-order chi connectivity index (χ1) is 9.17. The van der Waals surface area contributed by atoms with E-state index in [4.69, 9.17) is 4.74 Å². The van der Waals surface area contributed by atoms with Gasteiger partial charge < -0.3 is 9.64 Å². The number of carbonyl (C=O) groups is 1. The summed E-state index contributed by atoms with van der Waals surface area (Å²) in [6, 6.07) is 0. The van der Waals surface area contributed by atoms with Crippen molar-refractivity contribution in [3.8, 4) is 0 Å². The third kappa shape index (κ3) is 2.04. The molecule has 1 saturated heterocycles. The first-order valence-electron chi connectivity index (χ1n) is 6.38. The molecule has 0 N–H and O–H groups in total. The molecule has 1 aliphatic heterocycles. The van der Waals surface area contributed by atoms with Crippen LogP contribution in [0.25, 0.3) is 4.96 Å². The van der Waals surface area contributed by atoms with Gasteiger partial charge in [-0.05, 0) is 19.8 Å². The Balaban J connectivity index is 1.99. The quantitative estimate of drug-likeness (QED) is 0.808. The zero-order chi connectivity index (χ0) is 13.5. The van der Waals surface area contributed by atoms with Gasteiger partial charge >= 0.3 is 0 Å². The second-order valence-electron chi connectivity index (χ2n) is 5.17. The van der Waals surface area contributed by atoms with Crippen LogP contribution in [0.4, 0.5) is 5.82 Å². The van der Waals surface area contributed by atoms with Crippen molar-refractivity contribution in [1.82, 2.24) is 9.38 Å². The van der Waals surface area contributed by atoms with E-state index >= 15 is 0 Å². The van der Waals surface area contributed by atoms with E-state index in [1.807, 2.05) is 16.0 Å². The SMILES string of the molecule is COC1(C)CCCN(c2nc3sccn3c2C=O)C1. The summed E-state index contributed by atoms with van der Waals surface area (Å²) in [5.41, 5.74) is 0.478. The van der Waals surface area contributed by atoms with E-state index in [0.717, 1.165) is 43.0 Å². The molecule has 1 unspecified atom stereocenters. The Hall–Kier alpha value is -1.40. The molecule has 3 heterocycles. The summed E-state index contributed by atoms with van der Waals surface area (Å²) < 4.78 is 7.45. The maximum Gasteiger partial charge on any atom is 0.196 e. The number of aromatic nitrogens is 2. The third-order valence-electron chi connectivity index (χ3n) is 3.84. The van der Waals surface area contributed by atoms with Gasteiger partial charge in [-0.2, -0.15) is 0 Å². The molecule has 6 heteroatoms. The van der Waals surface area contributed by atoms with E-state index in [1.165, 1.54) is 0 Å². The average molecular weight is 279 g/mol. The highest BCUT2D eigenvalue weighted by atomic mass is 32.1. The summed E-state index contributed by atoms with van der Waals surface area (Å²) in [6.07, 6.45) is 4.87. The van der Waals surface area contributed by atoms with Crippen LogP contribution in [0.1, 0.15) is 30.3 Å². The highest BCUT2D eigenvalue weighted by Gasteiger charge is 2.33. The number of ether oxygens (including phenoxy) is 1. The lowest BCUT2D eigenvalue weighted by atomic mass is 9.95. The second-order valence-corrected chi connectivity index (χ2v) is 6.05. The van der Waals surface area contributed by atoms with Crippen LogP contribution in [-0.4, -0.2) is 41.5 Å². The predicted molar refractivity (Wildman–Crippen MR) is 75.3 cm³/mol. The lowest BCUT2D eigenvalue weighted by molar-refractivity contribution is -0.00482. The Kier molecular flexibility index (Phi) is 3.06. The number of imidazole rings is 1. The minimum Gasteiger partial charge on any atom is -0.377 e. The number of anilines is 1. The Bertz CT molecular complexity index is 606. The van der Waals surface area contributed by atoms with E-state index in [-0.39, 0.29) is 5.60 Å². The van der Waals surface area contributed by atoms with Gasteiger partial charge in [-0.3, -0.25) is 9.20 Å². The number of nitrogens with zero attached hydrogens (tertiary/aromatic N) is 3. The largest absolute Gasteiger partial charge is 0.377 e. The molecule has 0 bridgehead atoms. The number of fused-ring (bicyclic) bond motifs is 1. The van der Waals surface area contributed by atoms with Gasteiger partial charge in [0.05, 0.1) is 5.60 Å². The predicted octanol–water partition coefficient (Wildman–Crippen LogP) is 2.21. The highest BCUT2D eigenvalue weighted by molar-refractivity contribution is 7.15. The maximum absolute atomic E-state index is 11.4. The van der Waals surface area contributed by atoms with Crippen LogP contribution in [0.2, 0.25) is 0 Å². The molecule has 19 heavy (non-hydrogen) atoms. The molecule has 0 saturated carbocycles. The van der Waals surface area contributed by atoms with Crippen molar-refractivity contribution in [2.45, 2.75) is 25.4 Å². The first kappa shape index (κ1) is 12.6. The molecule has 0 amide bonds. The molecule has 2 aromatic rings. The fourth-order valence-electron chi connectivity index (χ4n) is 2.69. The molecule has 102 valence electrons. The molecule has 2 aromatic heterocycles. The van der Waals surface area contributed by atoms with Crippen LogP contribution in [-0.2, 0) is 4.74 Å². The molecule has 1 fully saturated rings. The van der Waals surface area contributed by atoms with E-state index < -0.39 is 0 Å². The minimum absolute atomic E-state index is 0.157. The Morgan fingerprint density at radius 1 is 1.58 bits per heavy atom. The van der Waals surface area contributed by atoms with Gasteiger partial charge in [-0.15, -0.1) is 11.3 Å². The fraction of sp³-hybridized carbons (Fsp3) is 0.538. The Morgan fingerprint density at radius 2 is 2.42 bits per heavy atom. The van der Waals surface area contributed by atoms with Crippen molar-refractivity contribution in [3.05, 3.63) is 17.3 Å². The van der Waals surface area contributed by atoms with Crippen molar-refractivity contribution >= 4 is 28.4 Å². The monoisotopic (exact) mass is 279 g/mol. The number of piperidine rings is 1. The number of hydrogen-bond donors (Lipinski definition) is 0. The molecule has 5 nitrogen and oxygen atoms in total. The molecule has 1 aliphatic rings. The van der Waals surface area contributed by atoms with E-state index in [2.05, 4.69) is 16.8 Å². The van der Waals surface area contributed by atoms with Crippen LogP contribution in [0, 0.1) is 0 Å². The average Bonchev–Trinajstić information content (AvgIpc) is 2.98. The topological polar surface area (TPSA) is 46.8 Å². The molecule has 3 rings (SSSR count). The number of hydrogen-bond acceptors (Lipinski definition) is 5. The summed E-state index contributed by atoms with van der Waals surface area (Å²) >= 11 is 1.54. The summed E-state index contributed by atoms with van der Waals surface area (Å²) in [7, 11) is 1.75. The highest BCUT2D eigenvalue weighted by Crippen LogP contribution is 2.30. The van der Waals surface area contributed by atoms with Crippen LogP contribution >= 0.6 is 11.3 Å².